The molecule has 0 fully saturated rings. The highest BCUT2D eigenvalue weighted by molar-refractivity contribution is 7.99. The van der Waals surface area contributed by atoms with Gasteiger partial charge in [0.05, 0.1) is 11.8 Å². The van der Waals surface area contributed by atoms with Gasteiger partial charge in [-0.05, 0) is 47.7 Å². The Morgan fingerprint density at radius 2 is 1.96 bits per heavy atom. The number of carbonyl (C=O) groups is 1. The molecule has 138 valence electrons. The fourth-order valence-corrected chi connectivity index (χ4v) is 3.31. The molecule has 1 N–H and O–H groups in total. The molecule has 1 aromatic heterocycles. The average Bonchev–Trinajstić information content (AvgIpc) is 2.84. The van der Waals surface area contributed by atoms with Crippen LogP contribution in [-0.2, 0) is 11.3 Å². The van der Waals surface area contributed by atoms with Crippen LogP contribution in [0.25, 0.3) is 0 Å². The number of hydrogen-bond acceptors (Lipinski definition) is 5. The lowest BCUT2D eigenvalue weighted by Crippen LogP contribution is -2.41. The van der Waals surface area contributed by atoms with Crippen molar-refractivity contribution in [2.24, 2.45) is 0 Å². The molecule has 0 saturated heterocycles. The van der Waals surface area contributed by atoms with E-state index in [-0.39, 0.29) is 17.5 Å². The lowest BCUT2D eigenvalue weighted by atomic mass is 10.1. The van der Waals surface area contributed by atoms with Gasteiger partial charge in [0.15, 0.2) is 11.0 Å². The zero-order valence-electron chi connectivity index (χ0n) is 16.2. The van der Waals surface area contributed by atoms with E-state index in [9.17, 15) is 4.79 Å². The van der Waals surface area contributed by atoms with Crippen LogP contribution >= 0.6 is 11.8 Å². The number of carbonyl (C=O) groups excluding carboxylic acids is 1. The number of aromatic nitrogens is 3. The second-order valence-corrected chi connectivity index (χ2v) is 8.26. The van der Waals surface area contributed by atoms with Crippen LogP contribution < -0.4 is 5.32 Å². The highest BCUT2D eigenvalue weighted by atomic mass is 32.2. The van der Waals surface area contributed by atoms with Crippen molar-refractivity contribution in [3.05, 3.63) is 5.82 Å². The number of thioether (sulfide) groups is 1. The third kappa shape index (κ3) is 6.43. The van der Waals surface area contributed by atoms with E-state index < -0.39 is 0 Å². The lowest BCUT2D eigenvalue weighted by Gasteiger charge is -2.23. The van der Waals surface area contributed by atoms with Crippen LogP contribution in [0.3, 0.4) is 0 Å². The molecule has 24 heavy (non-hydrogen) atoms. The first kappa shape index (κ1) is 21.0. The van der Waals surface area contributed by atoms with Crippen molar-refractivity contribution >= 4 is 17.7 Å². The summed E-state index contributed by atoms with van der Waals surface area (Å²) in [6.45, 7) is 11.2. The summed E-state index contributed by atoms with van der Waals surface area (Å²) in [4.78, 5) is 14.2. The van der Waals surface area contributed by atoms with E-state index >= 15 is 0 Å². The van der Waals surface area contributed by atoms with Gasteiger partial charge < -0.3 is 9.88 Å². The molecule has 1 aromatic rings. The highest BCUT2D eigenvalue weighted by Gasteiger charge is 2.22. The van der Waals surface area contributed by atoms with E-state index in [1.54, 1.807) is 0 Å². The molecule has 0 radical (unpaired) electrons. The van der Waals surface area contributed by atoms with E-state index in [1.165, 1.54) is 11.8 Å². The van der Waals surface area contributed by atoms with Crippen molar-refractivity contribution in [1.29, 1.82) is 0 Å². The summed E-state index contributed by atoms with van der Waals surface area (Å²) in [5.74, 6) is 1.38. The van der Waals surface area contributed by atoms with Crippen molar-refractivity contribution in [3.63, 3.8) is 0 Å². The van der Waals surface area contributed by atoms with Crippen LogP contribution in [0.1, 0.15) is 65.7 Å². The average molecular weight is 356 g/mol. The highest BCUT2D eigenvalue weighted by Crippen LogP contribution is 2.25. The standard InChI is InChI=1S/C17H33N5OS/c1-8-10-11-22-15(13(9-2)21(6)7)19-20-16(22)24-12-14(23)18-17(3,4)5/h13H,8-12H2,1-7H3,(H,18,23). The molecule has 0 spiro atoms. The Morgan fingerprint density at radius 1 is 1.29 bits per heavy atom. The van der Waals surface area contributed by atoms with E-state index in [0.29, 0.717) is 5.75 Å². The molecule has 1 amide bonds. The van der Waals surface area contributed by atoms with Gasteiger partial charge in [-0.2, -0.15) is 0 Å². The molecule has 0 saturated carbocycles. The molecule has 0 bridgehead atoms. The van der Waals surface area contributed by atoms with Crippen LogP contribution in [0.4, 0.5) is 0 Å². The second-order valence-electron chi connectivity index (χ2n) is 7.32. The molecule has 1 atom stereocenters. The topological polar surface area (TPSA) is 63.1 Å². The van der Waals surface area contributed by atoms with Crippen LogP contribution in [0.5, 0.6) is 0 Å². The van der Waals surface area contributed by atoms with Crippen molar-refractivity contribution in [3.8, 4) is 0 Å². The Labute approximate surface area is 150 Å². The summed E-state index contributed by atoms with van der Waals surface area (Å²) in [5.41, 5.74) is -0.211. The van der Waals surface area contributed by atoms with Crippen molar-refractivity contribution in [2.45, 2.75) is 77.2 Å². The first-order chi connectivity index (χ1) is 11.2. The Morgan fingerprint density at radius 3 is 2.46 bits per heavy atom. The summed E-state index contributed by atoms with van der Waals surface area (Å²) in [6.07, 6.45) is 3.17. The van der Waals surface area contributed by atoms with E-state index in [1.807, 2.05) is 20.8 Å². The Kier molecular flexibility index (Phi) is 8.22. The largest absolute Gasteiger partial charge is 0.351 e. The second kappa shape index (κ2) is 9.42. The fourth-order valence-electron chi connectivity index (χ4n) is 2.54. The summed E-state index contributed by atoms with van der Waals surface area (Å²) in [6, 6.07) is 0.243. The predicted octanol–water partition coefficient (Wildman–Crippen LogP) is 3.10. The number of nitrogens with zero attached hydrogens (tertiary/aromatic N) is 4. The van der Waals surface area contributed by atoms with Crippen LogP contribution in [-0.4, -0.2) is 51.0 Å². The van der Waals surface area contributed by atoms with Gasteiger partial charge in [0.1, 0.15) is 0 Å². The molecule has 1 unspecified atom stereocenters. The number of rotatable bonds is 9. The van der Waals surface area contributed by atoms with Crippen molar-refractivity contribution in [1.82, 2.24) is 25.0 Å². The molecule has 0 aromatic carbocycles. The normalized spacial score (nSPS) is 13.3. The van der Waals surface area contributed by atoms with Crippen LogP contribution in [0.15, 0.2) is 5.16 Å². The minimum Gasteiger partial charge on any atom is -0.351 e. The third-order valence-corrected chi connectivity index (χ3v) is 4.60. The number of unbranched alkanes of at least 4 members (excludes halogenated alkanes) is 1. The summed E-state index contributed by atoms with van der Waals surface area (Å²) >= 11 is 1.47. The maximum Gasteiger partial charge on any atom is 0.230 e. The van der Waals surface area contributed by atoms with Crippen LogP contribution in [0.2, 0.25) is 0 Å². The quantitative estimate of drug-likeness (QED) is 0.690. The molecule has 7 heteroatoms. The SMILES string of the molecule is CCCCn1c(SCC(=O)NC(C)(C)C)nnc1C(CC)N(C)C. The van der Waals surface area contributed by atoms with Gasteiger partial charge in [-0.1, -0.05) is 32.0 Å². The van der Waals surface area contributed by atoms with Crippen molar-refractivity contribution in [2.75, 3.05) is 19.8 Å². The summed E-state index contributed by atoms with van der Waals surface area (Å²) < 4.78 is 2.19. The van der Waals surface area contributed by atoms with Gasteiger partial charge in [-0.3, -0.25) is 9.69 Å². The smallest absolute Gasteiger partial charge is 0.230 e. The molecule has 0 aliphatic heterocycles. The van der Waals surface area contributed by atoms with Gasteiger partial charge in [0.25, 0.3) is 0 Å². The Hall–Kier alpha value is -1.08. The fraction of sp³-hybridized carbons (Fsp3) is 0.824. The number of hydrogen-bond donors (Lipinski definition) is 1. The molecular weight excluding hydrogens is 322 g/mol. The molecule has 0 aliphatic carbocycles. The van der Waals surface area contributed by atoms with Gasteiger partial charge in [-0.15, -0.1) is 10.2 Å². The van der Waals surface area contributed by atoms with Gasteiger partial charge >= 0.3 is 0 Å². The Bertz CT molecular complexity index is 522. The minimum atomic E-state index is -0.211. The minimum absolute atomic E-state index is 0.0266. The van der Waals surface area contributed by atoms with E-state index in [0.717, 1.165) is 36.8 Å². The first-order valence-corrected chi connectivity index (χ1v) is 9.71. The van der Waals surface area contributed by atoms with Gasteiger partial charge in [-0.25, -0.2) is 0 Å². The zero-order valence-corrected chi connectivity index (χ0v) is 17.0. The maximum absolute atomic E-state index is 12.1. The Balaban J connectivity index is 2.90. The van der Waals surface area contributed by atoms with Crippen LogP contribution in [0, 0.1) is 0 Å². The van der Waals surface area contributed by atoms with Crippen molar-refractivity contribution < 1.29 is 4.79 Å². The number of nitrogens with one attached hydrogen (secondary N) is 1. The van der Waals surface area contributed by atoms with Gasteiger partial charge in [0, 0.05) is 12.1 Å². The van der Waals surface area contributed by atoms with E-state index in [4.69, 9.17) is 0 Å². The monoisotopic (exact) mass is 355 g/mol. The summed E-state index contributed by atoms with van der Waals surface area (Å²) in [7, 11) is 4.13. The maximum atomic E-state index is 12.1. The zero-order chi connectivity index (χ0) is 18.3. The molecule has 0 aliphatic rings. The molecule has 1 rings (SSSR count). The molecule has 6 nitrogen and oxygen atoms in total. The lowest BCUT2D eigenvalue weighted by molar-refractivity contribution is -0.119. The van der Waals surface area contributed by atoms with Gasteiger partial charge in [0.2, 0.25) is 5.91 Å². The molecule has 1 heterocycles. The predicted molar refractivity (Wildman–Crippen MR) is 100 cm³/mol. The molecular formula is C17H33N5OS. The third-order valence-electron chi connectivity index (χ3n) is 3.64. The number of amides is 1. The van der Waals surface area contributed by atoms with E-state index in [2.05, 4.69) is 52.9 Å². The summed E-state index contributed by atoms with van der Waals surface area (Å²) in [5, 5.41) is 12.6. The first-order valence-electron chi connectivity index (χ1n) is 8.72.